The van der Waals surface area contributed by atoms with Gasteiger partial charge in [0.2, 0.25) is 0 Å². The molecule has 0 aliphatic rings. The van der Waals surface area contributed by atoms with Crippen molar-refractivity contribution in [1.82, 2.24) is 0 Å². The smallest absolute Gasteiger partial charge is 0.156 e. The van der Waals surface area contributed by atoms with E-state index in [0.717, 1.165) is 0 Å². The topological polar surface area (TPSA) is 35.5 Å². The third-order valence-corrected chi connectivity index (χ3v) is 1.35. The SMILES string of the molecule is COC(CCC(F)C=O)OC. The minimum Gasteiger partial charge on any atom is -0.356 e. The summed E-state index contributed by atoms with van der Waals surface area (Å²) in [6.07, 6.45) is -0.985. The number of hydrogen-bond acceptors (Lipinski definition) is 3. The number of rotatable bonds is 6. The molecule has 1 atom stereocenters. The molecule has 0 heterocycles. The molecule has 0 spiro atoms. The summed E-state index contributed by atoms with van der Waals surface area (Å²) < 4.78 is 21.9. The van der Waals surface area contributed by atoms with Gasteiger partial charge >= 0.3 is 0 Å². The summed E-state index contributed by atoms with van der Waals surface area (Å²) in [4.78, 5) is 9.84. The zero-order chi connectivity index (χ0) is 8.69. The third kappa shape index (κ3) is 4.86. The largest absolute Gasteiger partial charge is 0.356 e. The Labute approximate surface area is 65.5 Å². The lowest BCUT2D eigenvalue weighted by Gasteiger charge is -2.12. The molecule has 11 heavy (non-hydrogen) atoms. The monoisotopic (exact) mass is 164 g/mol. The van der Waals surface area contributed by atoms with E-state index in [-0.39, 0.29) is 12.7 Å². The van der Waals surface area contributed by atoms with Gasteiger partial charge in [-0.3, -0.25) is 0 Å². The Morgan fingerprint density at radius 2 is 1.91 bits per heavy atom. The van der Waals surface area contributed by atoms with Crippen LogP contribution in [-0.4, -0.2) is 33.0 Å². The van der Waals surface area contributed by atoms with Crippen LogP contribution < -0.4 is 0 Å². The van der Waals surface area contributed by atoms with Gasteiger partial charge in [0.25, 0.3) is 0 Å². The fraction of sp³-hybridized carbons (Fsp3) is 0.857. The lowest BCUT2D eigenvalue weighted by Crippen LogP contribution is -2.15. The molecule has 0 saturated heterocycles. The van der Waals surface area contributed by atoms with E-state index in [2.05, 4.69) is 0 Å². The van der Waals surface area contributed by atoms with E-state index in [1.54, 1.807) is 0 Å². The number of carbonyl (C=O) groups excluding carboxylic acids is 1. The van der Waals surface area contributed by atoms with Crippen LogP contribution in [0.5, 0.6) is 0 Å². The summed E-state index contributed by atoms with van der Waals surface area (Å²) in [5.41, 5.74) is 0. The fourth-order valence-corrected chi connectivity index (χ4v) is 0.695. The van der Waals surface area contributed by atoms with Crippen molar-refractivity contribution in [1.29, 1.82) is 0 Å². The molecule has 0 aliphatic heterocycles. The molecular weight excluding hydrogens is 151 g/mol. The number of aldehydes is 1. The van der Waals surface area contributed by atoms with Crippen molar-refractivity contribution in [2.75, 3.05) is 14.2 Å². The number of ether oxygens (including phenoxy) is 2. The maximum Gasteiger partial charge on any atom is 0.156 e. The van der Waals surface area contributed by atoms with Gasteiger partial charge in [-0.2, -0.15) is 0 Å². The highest BCUT2D eigenvalue weighted by atomic mass is 19.1. The zero-order valence-corrected chi connectivity index (χ0v) is 6.75. The van der Waals surface area contributed by atoms with Gasteiger partial charge in [0.15, 0.2) is 18.7 Å². The van der Waals surface area contributed by atoms with Crippen molar-refractivity contribution in [2.45, 2.75) is 25.3 Å². The molecule has 0 amide bonds. The number of alkyl halides is 1. The van der Waals surface area contributed by atoms with Crippen LogP contribution in [0.25, 0.3) is 0 Å². The Hall–Kier alpha value is -0.480. The van der Waals surface area contributed by atoms with Gasteiger partial charge in [0.1, 0.15) is 0 Å². The van der Waals surface area contributed by atoms with Gasteiger partial charge in [-0.05, 0) is 6.42 Å². The van der Waals surface area contributed by atoms with Crippen molar-refractivity contribution < 1.29 is 18.7 Å². The van der Waals surface area contributed by atoms with Crippen LogP contribution in [0.2, 0.25) is 0 Å². The Morgan fingerprint density at radius 3 is 2.27 bits per heavy atom. The Morgan fingerprint density at radius 1 is 1.36 bits per heavy atom. The van der Waals surface area contributed by atoms with Gasteiger partial charge in [-0.1, -0.05) is 0 Å². The first-order chi connectivity index (χ1) is 5.24. The van der Waals surface area contributed by atoms with E-state index in [1.165, 1.54) is 14.2 Å². The van der Waals surface area contributed by atoms with Crippen LogP contribution in [0.4, 0.5) is 4.39 Å². The van der Waals surface area contributed by atoms with Gasteiger partial charge in [0, 0.05) is 20.6 Å². The van der Waals surface area contributed by atoms with Gasteiger partial charge < -0.3 is 14.3 Å². The maximum absolute atomic E-state index is 12.3. The molecule has 0 aromatic rings. The first kappa shape index (κ1) is 10.5. The number of halogens is 1. The van der Waals surface area contributed by atoms with E-state index >= 15 is 0 Å². The summed E-state index contributed by atoms with van der Waals surface area (Å²) in [5.74, 6) is 0. The second-order valence-corrected chi connectivity index (χ2v) is 2.13. The molecule has 0 aliphatic carbocycles. The summed E-state index contributed by atoms with van der Waals surface area (Å²) in [6, 6.07) is 0. The molecule has 1 unspecified atom stereocenters. The highest BCUT2D eigenvalue weighted by Gasteiger charge is 2.09. The van der Waals surface area contributed by atoms with Crippen molar-refractivity contribution in [3.8, 4) is 0 Å². The van der Waals surface area contributed by atoms with Crippen LogP contribution in [0.1, 0.15) is 12.8 Å². The number of methoxy groups -OCH3 is 2. The standard InChI is InChI=1S/C7H13FO3/c1-10-7(11-2)4-3-6(8)5-9/h5-7H,3-4H2,1-2H3. The maximum atomic E-state index is 12.3. The normalized spacial score (nSPS) is 13.5. The minimum atomic E-state index is -1.40. The average molecular weight is 164 g/mol. The Kier molecular flexibility index (Phi) is 5.97. The van der Waals surface area contributed by atoms with E-state index < -0.39 is 12.5 Å². The van der Waals surface area contributed by atoms with E-state index in [4.69, 9.17) is 9.47 Å². The van der Waals surface area contributed by atoms with Crippen molar-refractivity contribution in [2.24, 2.45) is 0 Å². The molecule has 66 valence electrons. The van der Waals surface area contributed by atoms with Crippen molar-refractivity contribution >= 4 is 6.29 Å². The van der Waals surface area contributed by atoms with Crippen LogP contribution in [0, 0.1) is 0 Å². The second-order valence-electron chi connectivity index (χ2n) is 2.13. The molecule has 0 fully saturated rings. The van der Waals surface area contributed by atoms with Crippen LogP contribution >= 0.6 is 0 Å². The molecule has 0 radical (unpaired) electrons. The minimum absolute atomic E-state index is 0.149. The lowest BCUT2D eigenvalue weighted by atomic mass is 10.2. The van der Waals surface area contributed by atoms with E-state index in [0.29, 0.717) is 6.42 Å². The Balaban J connectivity index is 3.41. The van der Waals surface area contributed by atoms with E-state index in [9.17, 15) is 9.18 Å². The third-order valence-electron chi connectivity index (χ3n) is 1.35. The molecule has 0 saturated carbocycles. The van der Waals surface area contributed by atoms with Gasteiger partial charge in [-0.25, -0.2) is 4.39 Å². The summed E-state index contributed by atoms with van der Waals surface area (Å²) in [7, 11) is 2.95. The number of hydrogen-bond donors (Lipinski definition) is 0. The van der Waals surface area contributed by atoms with Gasteiger partial charge in [-0.15, -0.1) is 0 Å². The predicted octanol–water partition coefficient (Wildman–Crippen LogP) is 0.922. The first-order valence-corrected chi connectivity index (χ1v) is 3.39. The van der Waals surface area contributed by atoms with Crippen molar-refractivity contribution in [3.63, 3.8) is 0 Å². The van der Waals surface area contributed by atoms with Crippen LogP contribution in [-0.2, 0) is 14.3 Å². The molecule has 0 bridgehead atoms. The predicted molar refractivity (Wildman–Crippen MR) is 38.0 cm³/mol. The lowest BCUT2D eigenvalue weighted by molar-refractivity contribution is -0.117. The van der Waals surface area contributed by atoms with Crippen LogP contribution in [0.15, 0.2) is 0 Å². The van der Waals surface area contributed by atoms with E-state index in [1.807, 2.05) is 0 Å². The first-order valence-electron chi connectivity index (χ1n) is 3.39. The number of carbonyl (C=O) groups is 1. The van der Waals surface area contributed by atoms with Crippen LogP contribution in [0.3, 0.4) is 0 Å². The van der Waals surface area contributed by atoms with Gasteiger partial charge in [0.05, 0.1) is 0 Å². The average Bonchev–Trinajstić information content (AvgIpc) is 2.06. The molecule has 0 aromatic heterocycles. The molecule has 0 N–H and O–H groups in total. The fourth-order valence-electron chi connectivity index (χ4n) is 0.695. The molecule has 4 heteroatoms. The van der Waals surface area contributed by atoms with Crippen molar-refractivity contribution in [3.05, 3.63) is 0 Å². The second kappa shape index (κ2) is 6.24. The molecule has 0 aromatic carbocycles. The molecule has 3 nitrogen and oxygen atoms in total. The zero-order valence-electron chi connectivity index (χ0n) is 6.75. The quantitative estimate of drug-likeness (QED) is 0.432. The highest BCUT2D eigenvalue weighted by Crippen LogP contribution is 2.05. The molecular formula is C7H13FO3. The summed E-state index contributed by atoms with van der Waals surface area (Å²) in [6.45, 7) is 0. The summed E-state index contributed by atoms with van der Waals surface area (Å²) in [5, 5.41) is 0. The Bertz CT molecular complexity index is 104. The highest BCUT2D eigenvalue weighted by molar-refractivity contribution is 5.55. The summed E-state index contributed by atoms with van der Waals surface area (Å²) >= 11 is 0. The molecule has 0 rings (SSSR count).